The predicted molar refractivity (Wildman–Crippen MR) is 83.0 cm³/mol. The molecule has 0 unspecified atom stereocenters. The van der Waals surface area contributed by atoms with Gasteiger partial charge in [-0.15, -0.1) is 0 Å². The van der Waals surface area contributed by atoms with Crippen LogP contribution in [0.5, 0.6) is 5.75 Å². The van der Waals surface area contributed by atoms with Crippen molar-refractivity contribution in [3.05, 3.63) is 35.9 Å². The van der Waals surface area contributed by atoms with Crippen molar-refractivity contribution in [3.8, 4) is 5.75 Å². The van der Waals surface area contributed by atoms with Crippen molar-refractivity contribution in [1.29, 1.82) is 0 Å². The second-order valence-electron chi connectivity index (χ2n) is 5.99. The van der Waals surface area contributed by atoms with Crippen LogP contribution in [0.2, 0.25) is 0 Å². The first-order valence-corrected chi connectivity index (χ1v) is 7.49. The fraction of sp³-hybridized carbons (Fsp3) is 0.529. The molecule has 0 aliphatic carbocycles. The van der Waals surface area contributed by atoms with Gasteiger partial charge in [0.2, 0.25) is 0 Å². The van der Waals surface area contributed by atoms with Gasteiger partial charge in [-0.2, -0.15) is 0 Å². The Morgan fingerprint density at radius 2 is 2.05 bits per heavy atom. The van der Waals surface area contributed by atoms with Gasteiger partial charge in [-0.3, -0.25) is 4.90 Å². The first kappa shape index (κ1) is 13.7. The number of likely N-dealkylation sites (tertiary alicyclic amines) is 2. The lowest BCUT2D eigenvalue weighted by Gasteiger charge is -2.19. The average molecular weight is 272 g/mol. The van der Waals surface area contributed by atoms with E-state index in [4.69, 9.17) is 4.74 Å². The fourth-order valence-electron chi connectivity index (χ4n) is 3.46. The van der Waals surface area contributed by atoms with Crippen LogP contribution in [0.25, 0.3) is 6.08 Å². The number of methoxy groups -OCH3 is 1. The molecule has 2 heterocycles. The van der Waals surface area contributed by atoms with Gasteiger partial charge in [0.25, 0.3) is 0 Å². The molecule has 2 atom stereocenters. The SMILES string of the molecule is COc1ccc(/C=C/CN2C[C@H]3CCN(C)[C@H]3C2)cc1. The summed E-state index contributed by atoms with van der Waals surface area (Å²) in [6, 6.07) is 9.01. The van der Waals surface area contributed by atoms with Crippen molar-refractivity contribution in [2.24, 2.45) is 5.92 Å². The quantitative estimate of drug-likeness (QED) is 0.837. The molecule has 0 N–H and O–H groups in total. The van der Waals surface area contributed by atoms with E-state index in [1.165, 1.54) is 31.6 Å². The smallest absolute Gasteiger partial charge is 0.118 e. The summed E-state index contributed by atoms with van der Waals surface area (Å²) in [6.45, 7) is 4.84. The van der Waals surface area contributed by atoms with Crippen LogP contribution < -0.4 is 4.74 Å². The molecule has 1 aromatic carbocycles. The van der Waals surface area contributed by atoms with Crippen molar-refractivity contribution in [3.63, 3.8) is 0 Å². The van der Waals surface area contributed by atoms with Gasteiger partial charge >= 0.3 is 0 Å². The van der Waals surface area contributed by atoms with Crippen LogP contribution in [0.15, 0.2) is 30.3 Å². The van der Waals surface area contributed by atoms with Crippen LogP contribution >= 0.6 is 0 Å². The molecule has 2 aliphatic heterocycles. The number of ether oxygens (including phenoxy) is 1. The molecule has 0 radical (unpaired) electrons. The normalized spacial score (nSPS) is 27.3. The van der Waals surface area contributed by atoms with Gasteiger partial charge in [0, 0.05) is 25.7 Å². The van der Waals surface area contributed by atoms with E-state index in [2.05, 4.69) is 41.1 Å². The lowest BCUT2D eigenvalue weighted by molar-refractivity contribution is 0.272. The Bertz CT molecular complexity index is 468. The van der Waals surface area contributed by atoms with Crippen LogP contribution in [0.4, 0.5) is 0 Å². The first-order valence-electron chi connectivity index (χ1n) is 7.49. The van der Waals surface area contributed by atoms with Crippen molar-refractivity contribution >= 4 is 6.08 Å². The molecular weight excluding hydrogens is 248 g/mol. The molecule has 0 aromatic heterocycles. The van der Waals surface area contributed by atoms with Gasteiger partial charge in [-0.1, -0.05) is 24.3 Å². The van der Waals surface area contributed by atoms with E-state index < -0.39 is 0 Å². The Morgan fingerprint density at radius 1 is 1.25 bits per heavy atom. The molecule has 2 saturated heterocycles. The van der Waals surface area contributed by atoms with E-state index in [9.17, 15) is 0 Å². The Hall–Kier alpha value is -1.32. The van der Waals surface area contributed by atoms with E-state index >= 15 is 0 Å². The highest BCUT2D eigenvalue weighted by Gasteiger charge is 2.38. The molecule has 0 amide bonds. The number of hydrogen-bond acceptors (Lipinski definition) is 3. The standard InChI is InChI=1S/C17H24N2O/c1-18-11-9-15-12-19(13-17(15)18)10-3-4-14-5-7-16(20-2)8-6-14/h3-8,15,17H,9-13H2,1-2H3/b4-3+/t15-,17+/m1/s1. The topological polar surface area (TPSA) is 15.7 Å². The second kappa shape index (κ2) is 5.98. The fourth-order valence-corrected chi connectivity index (χ4v) is 3.46. The molecule has 3 heteroatoms. The number of likely N-dealkylation sites (N-methyl/N-ethyl adjacent to an activating group) is 1. The maximum atomic E-state index is 5.17. The predicted octanol–water partition coefficient (Wildman–Crippen LogP) is 2.34. The maximum absolute atomic E-state index is 5.17. The largest absolute Gasteiger partial charge is 0.497 e. The van der Waals surface area contributed by atoms with Crippen LogP contribution in [-0.4, -0.2) is 56.2 Å². The third kappa shape index (κ3) is 2.89. The minimum Gasteiger partial charge on any atom is -0.497 e. The summed E-state index contributed by atoms with van der Waals surface area (Å²) in [5.74, 6) is 1.81. The molecule has 0 saturated carbocycles. The van der Waals surface area contributed by atoms with Gasteiger partial charge in [0.15, 0.2) is 0 Å². The lowest BCUT2D eigenvalue weighted by atomic mass is 10.1. The highest BCUT2D eigenvalue weighted by atomic mass is 16.5. The van der Waals surface area contributed by atoms with E-state index in [0.717, 1.165) is 24.3 Å². The Morgan fingerprint density at radius 3 is 2.75 bits per heavy atom. The third-order valence-electron chi connectivity index (χ3n) is 4.69. The van der Waals surface area contributed by atoms with E-state index in [-0.39, 0.29) is 0 Å². The average Bonchev–Trinajstić information content (AvgIpc) is 3.02. The van der Waals surface area contributed by atoms with Crippen molar-refractivity contribution < 1.29 is 4.74 Å². The zero-order valence-electron chi connectivity index (χ0n) is 12.5. The minimum absolute atomic E-state index is 0.796. The van der Waals surface area contributed by atoms with Gasteiger partial charge in [0.1, 0.15) is 5.75 Å². The van der Waals surface area contributed by atoms with Crippen molar-refractivity contribution in [2.75, 3.05) is 40.3 Å². The number of fused-ring (bicyclic) bond motifs is 1. The highest BCUT2D eigenvalue weighted by Crippen LogP contribution is 2.29. The van der Waals surface area contributed by atoms with E-state index in [1.54, 1.807) is 7.11 Å². The number of hydrogen-bond donors (Lipinski definition) is 0. The maximum Gasteiger partial charge on any atom is 0.118 e. The summed E-state index contributed by atoms with van der Waals surface area (Å²) in [7, 11) is 3.97. The van der Waals surface area contributed by atoms with Crippen LogP contribution in [0, 0.1) is 5.92 Å². The van der Waals surface area contributed by atoms with E-state index in [1.807, 2.05) is 12.1 Å². The van der Waals surface area contributed by atoms with Gasteiger partial charge in [-0.25, -0.2) is 0 Å². The number of nitrogens with zero attached hydrogens (tertiary/aromatic N) is 2. The highest BCUT2D eigenvalue weighted by molar-refractivity contribution is 5.50. The van der Waals surface area contributed by atoms with Gasteiger partial charge in [0.05, 0.1) is 7.11 Å². The summed E-state index contributed by atoms with van der Waals surface area (Å²) in [5, 5.41) is 0. The monoisotopic (exact) mass is 272 g/mol. The Labute approximate surface area is 121 Å². The molecule has 2 aliphatic rings. The molecule has 3 nitrogen and oxygen atoms in total. The molecule has 20 heavy (non-hydrogen) atoms. The van der Waals surface area contributed by atoms with Crippen molar-refractivity contribution in [2.45, 2.75) is 12.5 Å². The zero-order chi connectivity index (χ0) is 13.9. The second-order valence-corrected chi connectivity index (χ2v) is 5.99. The first-order chi connectivity index (χ1) is 9.76. The molecule has 0 bridgehead atoms. The summed E-state index contributed by atoms with van der Waals surface area (Å²) in [6.07, 6.45) is 5.86. The Balaban J connectivity index is 1.51. The van der Waals surface area contributed by atoms with Crippen LogP contribution in [0.3, 0.4) is 0 Å². The number of benzene rings is 1. The minimum atomic E-state index is 0.796. The molecule has 1 aromatic rings. The number of rotatable bonds is 4. The molecule has 108 valence electrons. The molecule has 0 spiro atoms. The summed E-state index contributed by atoms with van der Waals surface area (Å²) in [4.78, 5) is 5.10. The molecule has 2 fully saturated rings. The van der Waals surface area contributed by atoms with Crippen molar-refractivity contribution in [1.82, 2.24) is 9.80 Å². The summed E-state index contributed by atoms with van der Waals surface area (Å²) >= 11 is 0. The van der Waals surface area contributed by atoms with Gasteiger partial charge in [-0.05, 0) is 43.6 Å². The Kier molecular flexibility index (Phi) is 4.08. The zero-order valence-corrected chi connectivity index (χ0v) is 12.5. The lowest BCUT2D eigenvalue weighted by Crippen LogP contribution is -2.32. The summed E-state index contributed by atoms with van der Waals surface area (Å²) < 4.78 is 5.17. The van der Waals surface area contributed by atoms with Crippen LogP contribution in [-0.2, 0) is 0 Å². The summed E-state index contributed by atoms with van der Waals surface area (Å²) in [5.41, 5.74) is 1.24. The van der Waals surface area contributed by atoms with Crippen LogP contribution in [0.1, 0.15) is 12.0 Å². The van der Waals surface area contributed by atoms with E-state index in [0.29, 0.717) is 0 Å². The van der Waals surface area contributed by atoms with Gasteiger partial charge < -0.3 is 9.64 Å². The molecule has 3 rings (SSSR count). The molecular formula is C17H24N2O. The third-order valence-corrected chi connectivity index (χ3v) is 4.69.